The van der Waals surface area contributed by atoms with Gasteiger partial charge in [0.05, 0.1) is 23.8 Å². The third-order valence-corrected chi connectivity index (χ3v) is 9.41. The molecule has 1 saturated heterocycles. The van der Waals surface area contributed by atoms with E-state index in [9.17, 15) is 18.0 Å². The first-order valence-corrected chi connectivity index (χ1v) is 13.7. The van der Waals surface area contributed by atoms with E-state index in [4.69, 9.17) is 4.74 Å². The van der Waals surface area contributed by atoms with E-state index in [1.807, 2.05) is 6.92 Å². The summed E-state index contributed by atoms with van der Waals surface area (Å²) in [7, 11) is -3.75. The van der Waals surface area contributed by atoms with Gasteiger partial charge in [0.2, 0.25) is 15.9 Å². The number of fused-ring (bicyclic) bond motifs is 1. The summed E-state index contributed by atoms with van der Waals surface area (Å²) in [6.07, 6.45) is 5.41. The summed E-state index contributed by atoms with van der Waals surface area (Å²) in [4.78, 5) is 27.0. The summed E-state index contributed by atoms with van der Waals surface area (Å²) in [6.45, 7) is 6.64. The molecule has 3 heterocycles. The topological polar surface area (TPSA) is 111 Å². The zero-order valence-electron chi connectivity index (χ0n) is 19.2. The van der Waals surface area contributed by atoms with Crippen LogP contribution in [0.5, 0.6) is 0 Å². The number of amides is 1. The van der Waals surface area contributed by atoms with Gasteiger partial charge in [-0.15, -0.1) is 11.3 Å². The molecule has 2 aliphatic rings. The lowest BCUT2D eigenvalue weighted by Crippen LogP contribution is -2.43. The molecule has 0 spiro atoms. The maximum absolute atomic E-state index is 13.3. The molecule has 1 aliphatic heterocycles. The number of sulfonamides is 1. The first-order valence-electron chi connectivity index (χ1n) is 11.4. The van der Waals surface area contributed by atoms with Crippen LogP contribution in [0.3, 0.4) is 0 Å². The molecular weight excluding hydrogens is 464 g/mol. The van der Waals surface area contributed by atoms with Crippen LogP contribution in [-0.4, -0.2) is 54.1 Å². The Morgan fingerprint density at radius 2 is 2.06 bits per heavy atom. The fourth-order valence-corrected chi connectivity index (χ4v) is 7.53. The Labute approximate surface area is 198 Å². The van der Waals surface area contributed by atoms with E-state index in [1.165, 1.54) is 15.6 Å². The van der Waals surface area contributed by atoms with Gasteiger partial charge in [-0.25, -0.2) is 13.2 Å². The third-order valence-electron chi connectivity index (χ3n) is 6.24. The van der Waals surface area contributed by atoms with Crippen LogP contribution in [0.1, 0.15) is 59.6 Å². The first kappa shape index (κ1) is 23.9. The second kappa shape index (κ2) is 9.55. The van der Waals surface area contributed by atoms with Gasteiger partial charge in [-0.2, -0.15) is 9.40 Å². The van der Waals surface area contributed by atoms with Crippen molar-refractivity contribution in [3.8, 4) is 0 Å². The predicted molar refractivity (Wildman–Crippen MR) is 125 cm³/mol. The molecule has 180 valence electrons. The molecule has 2 aromatic rings. The molecule has 0 bridgehead atoms. The summed E-state index contributed by atoms with van der Waals surface area (Å²) in [5.41, 5.74) is 1.89. The number of ether oxygens (including phenoxy) is 1. The van der Waals surface area contributed by atoms with Crippen molar-refractivity contribution >= 4 is 38.2 Å². The van der Waals surface area contributed by atoms with Crippen molar-refractivity contribution in [2.45, 2.75) is 64.3 Å². The molecule has 11 heteroatoms. The monoisotopic (exact) mass is 494 g/mol. The van der Waals surface area contributed by atoms with Gasteiger partial charge in [0.25, 0.3) is 0 Å². The highest BCUT2D eigenvalue weighted by molar-refractivity contribution is 7.89. The van der Waals surface area contributed by atoms with Crippen molar-refractivity contribution in [1.29, 1.82) is 0 Å². The molecule has 1 fully saturated rings. The number of aryl methyl sites for hydroxylation is 3. The number of thiophene rings is 1. The summed E-state index contributed by atoms with van der Waals surface area (Å²) in [5.74, 6) is -1.17. The quantitative estimate of drug-likeness (QED) is 0.593. The van der Waals surface area contributed by atoms with E-state index in [0.29, 0.717) is 42.2 Å². The molecule has 2 aromatic heterocycles. The Morgan fingerprint density at radius 3 is 2.76 bits per heavy atom. The molecule has 0 radical (unpaired) electrons. The zero-order valence-corrected chi connectivity index (χ0v) is 20.9. The van der Waals surface area contributed by atoms with E-state index in [1.54, 1.807) is 24.7 Å². The molecule has 1 atom stereocenters. The van der Waals surface area contributed by atoms with E-state index in [-0.39, 0.29) is 24.0 Å². The number of hydrogen-bond acceptors (Lipinski definition) is 7. The van der Waals surface area contributed by atoms with E-state index < -0.39 is 21.9 Å². The highest BCUT2D eigenvalue weighted by Gasteiger charge is 2.36. The summed E-state index contributed by atoms with van der Waals surface area (Å²) in [6, 6.07) is 0. The van der Waals surface area contributed by atoms with Crippen LogP contribution >= 0.6 is 11.3 Å². The minimum absolute atomic E-state index is 0.102. The maximum Gasteiger partial charge on any atom is 0.341 e. The average Bonchev–Trinajstić information content (AvgIpc) is 3.48. The molecule has 33 heavy (non-hydrogen) atoms. The van der Waals surface area contributed by atoms with Crippen LogP contribution in [0.15, 0.2) is 11.1 Å². The second-order valence-electron chi connectivity index (χ2n) is 8.41. The Kier molecular flexibility index (Phi) is 6.92. The van der Waals surface area contributed by atoms with Crippen LogP contribution in [0.4, 0.5) is 5.00 Å². The van der Waals surface area contributed by atoms with Gasteiger partial charge in [-0.1, -0.05) is 0 Å². The maximum atomic E-state index is 13.3. The SMILES string of the molecule is CCOC(=O)c1c(NC(=O)[C@H]2CCCN(S(=O)(=O)c3cn(CC)nc3C)C2)sc2c1CCC2. The molecule has 0 aromatic carbocycles. The number of hydrogen-bond donors (Lipinski definition) is 1. The van der Waals surface area contributed by atoms with E-state index >= 15 is 0 Å². The van der Waals surface area contributed by atoms with Crippen molar-refractivity contribution < 1.29 is 22.7 Å². The molecule has 1 aliphatic carbocycles. The lowest BCUT2D eigenvalue weighted by Gasteiger charge is -2.31. The number of rotatable bonds is 7. The molecule has 0 unspecified atom stereocenters. The molecular formula is C22H30N4O5S2. The third kappa shape index (κ3) is 4.58. The normalized spacial score (nSPS) is 18.8. The van der Waals surface area contributed by atoms with Crippen LogP contribution in [-0.2, 0) is 38.9 Å². The van der Waals surface area contributed by atoms with Crippen LogP contribution < -0.4 is 5.32 Å². The average molecular weight is 495 g/mol. The lowest BCUT2D eigenvalue weighted by molar-refractivity contribution is -0.120. The van der Waals surface area contributed by atoms with Gasteiger partial charge in [0, 0.05) is 30.7 Å². The number of nitrogens with zero attached hydrogens (tertiary/aromatic N) is 3. The summed E-state index contributed by atoms with van der Waals surface area (Å²) < 4.78 is 34.7. The number of carbonyl (C=O) groups excluding carboxylic acids is 2. The Hall–Kier alpha value is -2.24. The number of carbonyl (C=O) groups is 2. The smallest absolute Gasteiger partial charge is 0.341 e. The largest absolute Gasteiger partial charge is 0.462 e. The number of nitrogens with one attached hydrogen (secondary N) is 1. The standard InChI is InChI=1S/C22H30N4O5S2/c1-4-25-13-18(14(3)24-25)33(29,30)26-11-7-8-15(12-26)20(27)23-21-19(22(28)31-5-2)16-9-6-10-17(16)32-21/h13,15H,4-12H2,1-3H3,(H,23,27)/t15-/m0/s1. The van der Waals surface area contributed by atoms with Crippen molar-refractivity contribution in [3.63, 3.8) is 0 Å². The van der Waals surface area contributed by atoms with Crippen molar-refractivity contribution in [2.24, 2.45) is 5.92 Å². The van der Waals surface area contributed by atoms with Gasteiger partial charge in [0.1, 0.15) is 9.90 Å². The summed E-state index contributed by atoms with van der Waals surface area (Å²) >= 11 is 1.43. The van der Waals surface area contributed by atoms with Crippen molar-refractivity contribution in [2.75, 3.05) is 25.0 Å². The number of esters is 1. The molecule has 1 amide bonds. The molecule has 9 nitrogen and oxygen atoms in total. The number of aromatic nitrogens is 2. The Bertz CT molecular complexity index is 1170. The predicted octanol–water partition coefficient (Wildman–Crippen LogP) is 2.98. The first-order chi connectivity index (χ1) is 15.8. The highest BCUT2D eigenvalue weighted by Crippen LogP contribution is 2.40. The highest BCUT2D eigenvalue weighted by atomic mass is 32.2. The minimum atomic E-state index is -3.75. The Balaban J connectivity index is 1.52. The van der Waals surface area contributed by atoms with Gasteiger partial charge >= 0.3 is 5.97 Å². The molecule has 1 N–H and O–H groups in total. The summed E-state index contributed by atoms with van der Waals surface area (Å²) in [5, 5.41) is 7.70. The molecule has 0 saturated carbocycles. The van der Waals surface area contributed by atoms with E-state index in [0.717, 1.165) is 29.7 Å². The van der Waals surface area contributed by atoms with Gasteiger partial charge in [-0.3, -0.25) is 9.48 Å². The van der Waals surface area contributed by atoms with Crippen molar-refractivity contribution in [1.82, 2.24) is 14.1 Å². The van der Waals surface area contributed by atoms with Crippen LogP contribution in [0, 0.1) is 12.8 Å². The Morgan fingerprint density at radius 1 is 1.27 bits per heavy atom. The number of piperidine rings is 1. The van der Waals surface area contributed by atoms with Gasteiger partial charge in [-0.05, 0) is 58.4 Å². The van der Waals surface area contributed by atoms with Crippen LogP contribution in [0.2, 0.25) is 0 Å². The molecule has 4 rings (SSSR count). The van der Waals surface area contributed by atoms with Gasteiger partial charge < -0.3 is 10.1 Å². The second-order valence-corrected chi connectivity index (χ2v) is 11.4. The number of anilines is 1. The van der Waals surface area contributed by atoms with Gasteiger partial charge in [0.15, 0.2) is 0 Å². The van der Waals surface area contributed by atoms with E-state index in [2.05, 4.69) is 10.4 Å². The fraction of sp³-hybridized carbons (Fsp3) is 0.591. The van der Waals surface area contributed by atoms with Crippen LogP contribution in [0.25, 0.3) is 0 Å². The lowest BCUT2D eigenvalue weighted by atomic mass is 9.99. The minimum Gasteiger partial charge on any atom is -0.462 e. The van der Waals surface area contributed by atoms with Crippen molar-refractivity contribution in [3.05, 3.63) is 27.9 Å². The zero-order chi connectivity index (χ0) is 23.8. The fourth-order valence-electron chi connectivity index (χ4n) is 4.55.